The molecule has 0 radical (unpaired) electrons. The van der Waals surface area contributed by atoms with E-state index in [4.69, 9.17) is 9.47 Å². The van der Waals surface area contributed by atoms with E-state index in [1.165, 1.54) is 18.5 Å². The standard InChI is InChI=1S/C15H21NO2/c1-2-5-14(6-3-1)7-10-16-9-4-8-15(13-16)17-11-12-18-15/h1-3,5-6H,4,7-13H2. The molecule has 2 saturated heterocycles. The molecule has 0 N–H and O–H groups in total. The van der Waals surface area contributed by atoms with Gasteiger partial charge < -0.3 is 9.47 Å². The van der Waals surface area contributed by atoms with Crippen molar-refractivity contribution in [1.82, 2.24) is 4.90 Å². The molecule has 0 bridgehead atoms. The molecule has 1 spiro atoms. The van der Waals surface area contributed by atoms with Crippen LogP contribution < -0.4 is 0 Å². The molecule has 0 aliphatic carbocycles. The summed E-state index contributed by atoms with van der Waals surface area (Å²) in [5.74, 6) is -0.283. The van der Waals surface area contributed by atoms with Gasteiger partial charge in [-0.1, -0.05) is 30.3 Å². The minimum Gasteiger partial charge on any atom is -0.346 e. The first kappa shape index (κ1) is 12.2. The van der Waals surface area contributed by atoms with Crippen LogP contribution in [0.5, 0.6) is 0 Å². The smallest absolute Gasteiger partial charge is 0.181 e. The largest absolute Gasteiger partial charge is 0.346 e. The Hall–Kier alpha value is -0.900. The van der Waals surface area contributed by atoms with E-state index in [9.17, 15) is 0 Å². The molecule has 2 aliphatic heterocycles. The molecule has 0 unspecified atom stereocenters. The summed E-state index contributed by atoms with van der Waals surface area (Å²) < 4.78 is 11.6. The van der Waals surface area contributed by atoms with Gasteiger partial charge in [0.05, 0.1) is 19.8 Å². The highest BCUT2D eigenvalue weighted by atomic mass is 16.7. The number of piperidine rings is 1. The van der Waals surface area contributed by atoms with E-state index < -0.39 is 0 Å². The monoisotopic (exact) mass is 247 g/mol. The maximum absolute atomic E-state index is 5.80. The van der Waals surface area contributed by atoms with Crippen LogP contribution in [-0.2, 0) is 15.9 Å². The number of hydrogen-bond donors (Lipinski definition) is 0. The third-order valence-electron chi connectivity index (χ3n) is 3.87. The molecule has 1 aromatic rings. The predicted octanol–water partition coefficient (Wildman–Crippen LogP) is 2.07. The van der Waals surface area contributed by atoms with Crippen LogP contribution in [0.3, 0.4) is 0 Å². The van der Waals surface area contributed by atoms with E-state index in [1.54, 1.807) is 0 Å². The van der Waals surface area contributed by atoms with E-state index >= 15 is 0 Å². The zero-order valence-electron chi connectivity index (χ0n) is 10.8. The molecule has 0 atom stereocenters. The first-order valence-electron chi connectivity index (χ1n) is 6.91. The molecule has 2 aliphatic rings. The van der Waals surface area contributed by atoms with Gasteiger partial charge in [0.25, 0.3) is 0 Å². The Morgan fingerprint density at radius 3 is 2.67 bits per heavy atom. The zero-order chi connectivity index (χ0) is 12.3. The summed E-state index contributed by atoms with van der Waals surface area (Å²) in [6.07, 6.45) is 3.33. The van der Waals surface area contributed by atoms with E-state index in [-0.39, 0.29) is 5.79 Å². The number of nitrogens with zero attached hydrogens (tertiary/aromatic N) is 1. The van der Waals surface area contributed by atoms with E-state index in [2.05, 4.69) is 35.2 Å². The van der Waals surface area contributed by atoms with Gasteiger partial charge in [-0.05, 0) is 24.9 Å². The van der Waals surface area contributed by atoms with Gasteiger partial charge >= 0.3 is 0 Å². The van der Waals surface area contributed by atoms with Crippen LogP contribution >= 0.6 is 0 Å². The molecular formula is C15H21NO2. The van der Waals surface area contributed by atoms with Gasteiger partial charge in [-0.3, -0.25) is 4.90 Å². The fourth-order valence-electron chi connectivity index (χ4n) is 2.93. The third kappa shape index (κ3) is 2.74. The third-order valence-corrected chi connectivity index (χ3v) is 3.87. The second kappa shape index (κ2) is 5.39. The van der Waals surface area contributed by atoms with Crippen molar-refractivity contribution in [2.45, 2.75) is 25.0 Å². The topological polar surface area (TPSA) is 21.7 Å². The molecule has 2 fully saturated rings. The minimum absolute atomic E-state index is 0.283. The fraction of sp³-hybridized carbons (Fsp3) is 0.600. The molecule has 0 amide bonds. The molecule has 3 heteroatoms. The van der Waals surface area contributed by atoms with Crippen LogP contribution in [-0.4, -0.2) is 43.5 Å². The van der Waals surface area contributed by atoms with E-state index in [1.807, 2.05) is 0 Å². The summed E-state index contributed by atoms with van der Waals surface area (Å²) in [7, 11) is 0. The van der Waals surface area contributed by atoms with Gasteiger partial charge in [0.15, 0.2) is 5.79 Å². The molecule has 2 heterocycles. The molecule has 0 saturated carbocycles. The highest BCUT2D eigenvalue weighted by Gasteiger charge is 2.40. The van der Waals surface area contributed by atoms with Gasteiger partial charge in [-0.2, -0.15) is 0 Å². The lowest BCUT2D eigenvalue weighted by Gasteiger charge is -2.38. The number of rotatable bonds is 3. The van der Waals surface area contributed by atoms with Crippen LogP contribution in [0.15, 0.2) is 30.3 Å². The Labute approximate surface area is 109 Å². The summed E-state index contributed by atoms with van der Waals surface area (Å²) in [6.45, 7) is 4.71. The van der Waals surface area contributed by atoms with Gasteiger partial charge in [0, 0.05) is 13.0 Å². The van der Waals surface area contributed by atoms with Gasteiger partial charge in [0.2, 0.25) is 0 Å². The average Bonchev–Trinajstić information content (AvgIpc) is 2.86. The normalized spacial score (nSPS) is 23.6. The van der Waals surface area contributed by atoms with Crippen molar-refractivity contribution in [2.24, 2.45) is 0 Å². The lowest BCUT2D eigenvalue weighted by molar-refractivity contribution is -0.189. The van der Waals surface area contributed by atoms with E-state index in [0.717, 1.165) is 39.1 Å². The summed E-state index contributed by atoms with van der Waals surface area (Å²) in [4.78, 5) is 2.47. The van der Waals surface area contributed by atoms with Gasteiger partial charge in [-0.15, -0.1) is 0 Å². The molecule has 3 rings (SSSR count). The maximum Gasteiger partial charge on any atom is 0.181 e. The quantitative estimate of drug-likeness (QED) is 0.816. The van der Waals surface area contributed by atoms with Crippen LogP contribution in [0.4, 0.5) is 0 Å². The Morgan fingerprint density at radius 2 is 1.89 bits per heavy atom. The first-order valence-corrected chi connectivity index (χ1v) is 6.91. The maximum atomic E-state index is 5.80. The second-order valence-corrected chi connectivity index (χ2v) is 5.22. The molecule has 1 aromatic carbocycles. The average molecular weight is 247 g/mol. The van der Waals surface area contributed by atoms with Crippen molar-refractivity contribution in [3.63, 3.8) is 0 Å². The van der Waals surface area contributed by atoms with Crippen molar-refractivity contribution >= 4 is 0 Å². The number of hydrogen-bond acceptors (Lipinski definition) is 3. The molecule has 98 valence electrons. The van der Waals surface area contributed by atoms with Crippen LogP contribution in [0.25, 0.3) is 0 Å². The van der Waals surface area contributed by atoms with Crippen LogP contribution in [0.2, 0.25) is 0 Å². The highest BCUT2D eigenvalue weighted by Crippen LogP contribution is 2.29. The Balaban J connectivity index is 1.54. The number of ether oxygens (including phenoxy) is 2. The van der Waals surface area contributed by atoms with Crippen molar-refractivity contribution in [3.8, 4) is 0 Å². The molecule has 0 aromatic heterocycles. The Kier molecular flexibility index (Phi) is 3.64. The summed E-state index contributed by atoms with van der Waals surface area (Å²) in [5, 5.41) is 0. The van der Waals surface area contributed by atoms with Crippen LogP contribution in [0.1, 0.15) is 18.4 Å². The van der Waals surface area contributed by atoms with Crippen LogP contribution in [0, 0.1) is 0 Å². The lowest BCUT2D eigenvalue weighted by Crippen LogP contribution is -2.49. The Bertz CT molecular complexity index is 373. The summed E-state index contributed by atoms with van der Waals surface area (Å²) >= 11 is 0. The Morgan fingerprint density at radius 1 is 1.11 bits per heavy atom. The van der Waals surface area contributed by atoms with Gasteiger partial charge in [-0.25, -0.2) is 0 Å². The minimum atomic E-state index is -0.283. The van der Waals surface area contributed by atoms with Crippen molar-refractivity contribution in [2.75, 3.05) is 32.8 Å². The molecule has 3 nitrogen and oxygen atoms in total. The summed E-state index contributed by atoms with van der Waals surface area (Å²) in [5.41, 5.74) is 1.41. The van der Waals surface area contributed by atoms with Crippen molar-refractivity contribution in [1.29, 1.82) is 0 Å². The highest BCUT2D eigenvalue weighted by molar-refractivity contribution is 5.14. The zero-order valence-corrected chi connectivity index (χ0v) is 10.8. The lowest BCUT2D eigenvalue weighted by atomic mass is 10.0. The second-order valence-electron chi connectivity index (χ2n) is 5.22. The first-order chi connectivity index (χ1) is 8.86. The summed E-state index contributed by atoms with van der Waals surface area (Å²) in [6, 6.07) is 10.7. The van der Waals surface area contributed by atoms with Gasteiger partial charge in [0.1, 0.15) is 0 Å². The predicted molar refractivity (Wildman–Crippen MR) is 70.5 cm³/mol. The molecule has 18 heavy (non-hydrogen) atoms. The molecular weight excluding hydrogens is 226 g/mol. The van der Waals surface area contributed by atoms with E-state index in [0.29, 0.717) is 0 Å². The number of benzene rings is 1. The van der Waals surface area contributed by atoms with Crippen molar-refractivity contribution < 1.29 is 9.47 Å². The fourth-order valence-corrected chi connectivity index (χ4v) is 2.93. The SMILES string of the molecule is c1ccc(CCN2CCCC3(C2)OCCO3)cc1. The number of likely N-dealkylation sites (tertiary alicyclic amines) is 1. The van der Waals surface area contributed by atoms with Crippen molar-refractivity contribution in [3.05, 3.63) is 35.9 Å².